The molecule has 0 aliphatic carbocycles. The van der Waals surface area contributed by atoms with Gasteiger partial charge in [-0.2, -0.15) is 0 Å². The van der Waals surface area contributed by atoms with Crippen LogP contribution in [0.3, 0.4) is 0 Å². The fraction of sp³-hybridized carbons (Fsp3) is 0.333. The smallest absolute Gasteiger partial charge is 0.264 e. The third-order valence-corrected chi connectivity index (χ3v) is 5.49. The second-order valence-corrected chi connectivity index (χ2v) is 7.70. The van der Waals surface area contributed by atoms with E-state index in [4.69, 9.17) is 0 Å². The van der Waals surface area contributed by atoms with Gasteiger partial charge in [0, 0.05) is 32.3 Å². The lowest BCUT2D eigenvalue weighted by molar-refractivity contribution is -0.127. The Morgan fingerprint density at radius 1 is 1.00 bits per heavy atom. The van der Waals surface area contributed by atoms with Crippen molar-refractivity contribution in [1.29, 1.82) is 0 Å². The lowest BCUT2D eigenvalue weighted by atomic mass is 10.0. The number of carbonyl (C=O) groups is 2. The van der Waals surface area contributed by atoms with Crippen molar-refractivity contribution >= 4 is 29.2 Å². The molecule has 1 saturated heterocycles. The van der Waals surface area contributed by atoms with Crippen molar-refractivity contribution in [2.24, 2.45) is 0 Å². The third-order valence-electron chi connectivity index (χ3n) is 4.63. The maximum absolute atomic E-state index is 12.4. The SMILES string of the molecule is CC(C)c1ccc(/C=C/C(=O)N2CCN(C(=O)c3cccs3)CC2)cc1. The molecule has 4 nitrogen and oxygen atoms in total. The summed E-state index contributed by atoms with van der Waals surface area (Å²) >= 11 is 1.46. The van der Waals surface area contributed by atoms with Gasteiger partial charge >= 0.3 is 0 Å². The van der Waals surface area contributed by atoms with Gasteiger partial charge in [-0.05, 0) is 34.6 Å². The molecule has 1 aromatic carbocycles. The summed E-state index contributed by atoms with van der Waals surface area (Å²) in [6.07, 6.45) is 3.48. The molecule has 136 valence electrons. The number of hydrogen-bond donors (Lipinski definition) is 0. The summed E-state index contributed by atoms with van der Waals surface area (Å²) in [6, 6.07) is 12.0. The van der Waals surface area contributed by atoms with E-state index in [-0.39, 0.29) is 11.8 Å². The monoisotopic (exact) mass is 368 g/mol. The van der Waals surface area contributed by atoms with E-state index < -0.39 is 0 Å². The maximum Gasteiger partial charge on any atom is 0.264 e. The Bertz CT molecular complexity index is 771. The van der Waals surface area contributed by atoms with Crippen LogP contribution in [-0.2, 0) is 4.79 Å². The maximum atomic E-state index is 12.4. The average Bonchev–Trinajstić information content (AvgIpc) is 3.20. The Kier molecular flexibility index (Phi) is 5.89. The number of amides is 2. The van der Waals surface area contributed by atoms with Crippen LogP contribution in [0.4, 0.5) is 0 Å². The van der Waals surface area contributed by atoms with E-state index in [1.54, 1.807) is 11.0 Å². The van der Waals surface area contributed by atoms with Crippen LogP contribution < -0.4 is 0 Å². The van der Waals surface area contributed by atoms with Crippen LogP contribution in [-0.4, -0.2) is 47.8 Å². The molecule has 2 amide bonds. The van der Waals surface area contributed by atoms with Crippen LogP contribution >= 0.6 is 11.3 Å². The first-order valence-corrected chi connectivity index (χ1v) is 9.82. The van der Waals surface area contributed by atoms with Gasteiger partial charge < -0.3 is 9.80 Å². The molecule has 26 heavy (non-hydrogen) atoms. The van der Waals surface area contributed by atoms with Gasteiger partial charge in [0.15, 0.2) is 0 Å². The molecule has 1 aliphatic heterocycles. The fourth-order valence-corrected chi connectivity index (χ4v) is 3.64. The highest BCUT2D eigenvalue weighted by Gasteiger charge is 2.24. The van der Waals surface area contributed by atoms with E-state index in [9.17, 15) is 9.59 Å². The molecule has 0 saturated carbocycles. The van der Waals surface area contributed by atoms with Gasteiger partial charge in [0.05, 0.1) is 4.88 Å². The number of hydrogen-bond acceptors (Lipinski definition) is 3. The van der Waals surface area contributed by atoms with Gasteiger partial charge in [0.2, 0.25) is 5.91 Å². The van der Waals surface area contributed by atoms with Crippen LogP contribution in [0.1, 0.15) is 40.6 Å². The fourth-order valence-electron chi connectivity index (χ4n) is 2.95. The predicted molar refractivity (Wildman–Crippen MR) is 106 cm³/mol. The first kappa shape index (κ1) is 18.4. The quantitative estimate of drug-likeness (QED) is 0.769. The Morgan fingerprint density at radius 3 is 2.23 bits per heavy atom. The molecule has 0 radical (unpaired) electrons. The molecule has 2 heterocycles. The number of benzene rings is 1. The minimum absolute atomic E-state index is 0.00107. The lowest BCUT2D eigenvalue weighted by Crippen LogP contribution is -2.50. The molecule has 1 aliphatic rings. The first-order valence-electron chi connectivity index (χ1n) is 8.94. The van der Waals surface area contributed by atoms with Gasteiger partial charge in [-0.25, -0.2) is 0 Å². The zero-order chi connectivity index (χ0) is 18.5. The van der Waals surface area contributed by atoms with Crippen LogP contribution in [0.15, 0.2) is 47.9 Å². The summed E-state index contributed by atoms with van der Waals surface area (Å²) in [5.41, 5.74) is 2.31. The molecule has 0 bridgehead atoms. The predicted octanol–water partition coefficient (Wildman–Crippen LogP) is 3.87. The van der Waals surface area contributed by atoms with Crippen LogP contribution in [0.25, 0.3) is 6.08 Å². The van der Waals surface area contributed by atoms with E-state index in [2.05, 4.69) is 26.0 Å². The Morgan fingerprint density at radius 2 is 1.65 bits per heavy atom. The Labute approximate surface area is 158 Å². The van der Waals surface area contributed by atoms with Crippen molar-refractivity contribution in [3.63, 3.8) is 0 Å². The second kappa shape index (κ2) is 8.32. The van der Waals surface area contributed by atoms with E-state index in [0.717, 1.165) is 10.4 Å². The standard InChI is InChI=1S/C21H24N2O2S/c1-16(2)18-8-5-17(6-9-18)7-10-20(24)22-11-13-23(14-12-22)21(25)19-4-3-15-26-19/h3-10,15-16H,11-14H2,1-2H3/b10-7+. The van der Waals surface area contributed by atoms with Crippen molar-refractivity contribution in [2.75, 3.05) is 26.2 Å². The summed E-state index contributed by atoms with van der Waals surface area (Å²) in [4.78, 5) is 29.1. The molecule has 2 aromatic rings. The number of carbonyl (C=O) groups excluding carboxylic acids is 2. The van der Waals surface area contributed by atoms with Crippen molar-refractivity contribution in [3.05, 3.63) is 63.9 Å². The number of rotatable bonds is 4. The molecule has 3 rings (SSSR count). The van der Waals surface area contributed by atoms with Crippen LogP contribution in [0.2, 0.25) is 0 Å². The van der Waals surface area contributed by atoms with Crippen molar-refractivity contribution in [2.45, 2.75) is 19.8 Å². The van der Waals surface area contributed by atoms with Crippen LogP contribution in [0, 0.1) is 0 Å². The van der Waals surface area contributed by atoms with Gasteiger partial charge in [0.25, 0.3) is 5.91 Å². The topological polar surface area (TPSA) is 40.6 Å². The molecular weight excluding hydrogens is 344 g/mol. The van der Waals surface area contributed by atoms with Crippen LogP contribution in [0.5, 0.6) is 0 Å². The van der Waals surface area contributed by atoms with Crippen molar-refractivity contribution in [3.8, 4) is 0 Å². The first-order chi connectivity index (χ1) is 12.5. The normalized spacial score (nSPS) is 15.0. The molecule has 1 aromatic heterocycles. The second-order valence-electron chi connectivity index (χ2n) is 6.75. The Balaban J connectivity index is 1.52. The number of nitrogens with zero attached hydrogens (tertiary/aromatic N) is 2. The molecule has 5 heteroatoms. The molecular formula is C21H24N2O2S. The summed E-state index contributed by atoms with van der Waals surface area (Å²) in [6.45, 7) is 6.65. The highest BCUT2D eigenvalue weighted by atomic mass is 32.1. The molecule has 0 N–H and O–H groups in total. The Hall–Kier alpha value is -2.40. The molecule has 1 fully saturated rings. The number of piperazine rings is 1. The minimum atomic E-state index is 0.00107. The van der Waals surface area contributed by atoms with E-state index in [1.165, 1.54) is 16.9 Å². The van der Waals surface area contributed by atoms with E-state index in [0.29, 0.717) is 32.1 Å². The zero-order valence-corrected chi connectivity index (χ0v) is 16.0. The minimum Gasteiger partial charge on any atom is -0.336 e. The van der Waals surface area contributed by atoms with Gasteiger partial charge in [-0.15, -0.1) is 11.3 Å². The third kappa shape index (κ3) is 4.41. The average molecular weight is 369 g/mol. The highest BCUT2D eigenvalue weighted by molar-refractivity contribution is 7.12. The van der Waals surface area contributed by atoms with Gasteiger partial charge in [-0.1, -0.05) is 44.2 Å². The lowest BCUT2D eigenvalue weighted by Gasteiger charge is -2.34. The number of thiophene rings is 1. The summed E-state index contributed by atoms with van der Waals surface area (Å²) in [5, 5.41) is 1.91. The molecule has 0 unspecified atom stereocenters. The van der Waals surface area contributed by atoms with E-state index >= 15 is 0 Å². The summed E-state index contributed by atoms with van der Waals surface area (Å²) in [7, 11) is 0. The highest BCUT2D eigenvalue weighted by Crippen LogP contribution is 2.16. The summed E-state index contributed by atoms with van der Waals surface area (Å²) in [5.74, 6) is 0.567. The summed E-state index contributed by atoms with van der Waals surface area (Å²) < 4.78 is 0. The largest absolute Gasteiger partial charge is 0.336 e. The van der Waals surface area contributed by atoms with E-state index in [1.807, 2.05) is 40.6 Å². The molecule has 0 atom stereocenters. The van der Waals surface area contributed by atoms with Gasteiger partial charge in [-0.3, -0.25) is 9.59 Å². The van der Waals surface area contributed by atoms with Gasteiger partial charge in [0.1, 0.15) is 0 Å². The van der Waals surface area contributed by atoms with Crippen molar-refractivity contribution < 1.29 is 9.59 Å². The van der Waals surface area contributed by atoms with Crippen molar-refractivity contribution in [1.82, 2.24) is 9.80 Å². The molecule has 0 spiro atoms. The zero-order valence-electron chi connectivity index (χ0n) is 15.2.